The molecule has 2 aromatic rings. The molecule has 2 unspecified atom stereocenters. The Morgan fingerprint density at radius 1 is 1.35 bits per heavy atom. The van der Waals surface area contributed by atoms with Crippen molar-refractivity contribution in [2.45, 2.75) is 12.3 Å². The first-order valence-corrected chi connectivity index (χ1v) is 5.34. The molecule has 1 fully saturated rings. The molecule has 0 radical (unpaired) electrons. The van der Waals surface area contributed by atoms with E-state index in [0.717, 1.165) is 5.69 Å². The Balaban J connectivity index is 1.94. The highest BCUT2D eigenvalue weighted by Gasteiger charge is 2.47. The summed E-state index contributed by atoms with van der Waals surface area (Å²) in [5, 5.41) is 20.4. The third-order valence-corrected chi connectivity index (χ3v) is 2.93. The lowest BCUT2D eigenvalue weighted by molar-refractivity contribution is -0.138. The van der Waals surface area contributed by atoms with Crippen LogP contribution in [0.15, 0.2) is 30.3 Å². The molecule has 6 nitrogen and oxygen atoms in total. The van der Waals surface area contributed by atoms with E-state index < -0.39 is 5.97 Å². The van der Waals surface area contributed by atoms with Gasteiger partial charge in [-0.2, -0.15) is 4.68 Å². The number of carboxylic acids is 1. The number of benzene rings is 1. The Labute approximate surface area is 96.9 Å². The summed E-state index contributed by atoms with van der Waals surface area (Å²) in [7, 11) is 0. The molecule has 1 aromatic carbocycles. The van der Waals surface area contributed by atoms with Gasteiger partial charge in [-0.1, -0.05) is 18.2 Å². The fourth-order valence-electron chi connectivity index (χ4n) is 1.93. The van der Waals surface area contributed by atoms with Gasteiger partial charge in [-0.05, 0) is 29.0 Å². The Bertz CT molecular complexity index is 552. The smallest absolute Gasteiger partial charge is 0.307 e. The maximum absolute atomic E-state index is 10.8. The summed E-state index contributed by atoms with van der Waals surface area (Å²) in [6, 6.07) is 9.46. The van der Waals surface area contributed by atoms with E-state index in [1.807, 2.05) is 30.3 Å². The number of aromatic nitrogens is 4. The third kappa shape index (κ3) is 1.67. The molecule has 1 saturated carbocycles. The minimum Gasteiger partial charge on any atom is -0.481 e. The molecule has 1 heterocycles. The zero-order valence-corrected chi connectivity index (χ0v) is 8.89. The topological polar surface area (TPSA) is 80.9 Å². The summed E-state index contributed by atoms with van der Waals surface area (Å²) < 4.78 is 1.60. The van der Waals surface area contributed by atoms with Gasteiger partial charge in [0.05, 0.1) is 11.6 Å². The van der Waals surface area contributed by atoms with Crippen molar-refractivity contribution in [1.29, 1.82) is 0 Å². The molecule has 3 rings (SSSR count). The fourth-order valence-corrected chi connectivity index (χ4v) is 1.93. The number of aliphatic carboxylic acids is 1. The number of nitrogens with zero attached hydrogens (tertiary/aromatic N) is 4. The summed E-state index contributed by atoms with van der Waals surface area (Å²) in [5.74, 6) is -0.563. The molecule has 17 heavy (non-hydrogen) atoms. The van der Waals surface area contributed by atoms with Crippen molar-refractivity contribution in [3.8, 4) is 5.69 Å². The molecular formula is C11H10N4O2. The van der Waals surface area contributed by atoms with Crippen LogP contribution >= 0.6 is 0 Å². The van der Waals surface area contributed by atoms with Gasteiger partial charge in [-0.15, -0.1) is 5.10 Å². The largest absolute Gasteiger partial charge is 0.481 e. The van der Waals surface area contributed by atoms with E-state index in [-0.39, 0.29) is 11.8 Å². The van der Waals surface area contributed by atoms with Crippen molar-refractivity contribution in [1.82, 2.24) is 20.2 Å². The van der Waals surface area contributed by atoms with E-state index in [1.54, 1.807) is 4.68 Å². The number of carbonyl (C=O) groups is 1. The van der Waals surface area contributed by atoms with E-state index in [9.17, 15) is 4.79 Å². The second-order valence-corrected chi connectivity index (χ2v) is 4.07. The van der Waals surface area contributed by atoms with E-state index in [2.05, 4.69) is 15.5 Å². The molecule has 0 amide bonds. The Kier molecular flexibility index (Phi) is 2.14. The highest BCUT2D eigenvalue weighted by molar-refractivity contribution is 5.74. The highest BCUT2D eigenvalue weighted by atomic mass is 16.4. The number of tetrazole rings is 1. The van der Waals surface area contributed by atoms with Crippen LogP contribution in [0.1, 0.15) is 18.2 Å². The highest BCUT2D eigenvalue weighted by Crippen LogP contribution is 2.46. The molecule has 86 valence electrons. The molecule has 1 aromatic heterocycles. The number of carboxylic acid groups (broad SMARTS) is 1. The summed E-state index contributed by atoms with van der Waals surface area (Å²) in [4.78, 5) is 10.8. The molecule has 0 saturated heterocycles. The average Bonchev–Trinajstić information content (AvgIpc) is 3.00. The van der Waals surface area contributed by atoms with E-state index >= 15 is 0 Å². The standard InChI is InChI=1S/C11H10N4O2/c16-11(17)9-6-8(9)10-12-13-14-15(10)7-4-2-1-3-5-7/h1-5,8-9H,6H2,(H,16,17). The van der Waals surface area contributed by atoms with Crippen LogP contribution in [-0.4, -0.2) is 31.3 Å². The Hall–Kier alpha value is -2.24. The van der Waals surface area contributed by atoms with Gasteiger partial charge in [0.15, 0.2) is 5.82 Å². The van der Waals surface area contributed by atoms with Crippen molar-refractivity contribution >= 4 is 5.97 Å². The normalized spacial score (nSPS) is 22.4. The summed E-state index contributed by atoms with van der Waals surface area (Å²) in [5.41, 5.74) is 0.850. The van der Waals surface area contributed by atoms with Crippen LogP contribution in [-0.2, 0) is 4.79 Å². The predicted octanol–water partition coefficient (Wildman–Crippen LogP) is 0.850. The molecule has 6 heteroatoms. The second-order valence-electron chi connectivity index (χ2n) is 4.07. The van der Waals surface area contributed by atoms with Gasteiger partial charge in [0.2, 0.25) is 0 Å². The van der Waals surface area contributed by atoms with Crippen LogP contribution in [0.25, 0.3) is 5.69 Å². The summed E-state index contributed by atoms with van der Waals surface area (Å²) in [6.07, 6.45) is 0.614. The van der Waals surface area contributed by atoms with Crippen LogP contribution in [0.5, 0.6) is 0 Å². The van der Waals surface area contributed by atoms with E-state index in [1.165, 1.54) is 0 Å². The van der Waals surface area contributed by atoms with Gasteiger partial charge in [-0.3, -0.25) is 4.79 Å². The van der Waals surface area contributed by atoms with E-state index in [4.69, 9.17) is 5.11 Å². The zero-order valence-electron chi connectivity index (χ0n) is 8.89. The zero-order chi connectivity index (χ0) is 11.8. The predicted molar refractivity (Wildman–Crippen MR) is 57.6 cm³/mol. The van der Waals surface area contributed by atoms with Crippen molar-refractivity contribution in [3.63, 3.8) is 0 Å². The first kappa shape index (κ1) is 9.95. The van der Waals surface area contributed by atoms with Gasteiger partial charge in [0.1, 0.15) is 0 Å². The maximum Gasteiger partial charge on any atom is 0.307 e. The minimum absolute atomic E-state index is 0.0669. The lowest BCUT2D eigenvalue weighted by atomic mass is 10.3. The monoisotopic (exact) mass is 230 g/mol. The fraction of sp³-hybridized carbons (Fsp3) is 0.273. The minimum atomic E-state index is -0.780. The van der Waals surface area contributed by atoms with Crippen molar-refractivity contribution < 1.29 is 9.90 Å². The number of rotatable bonds is 3. The van der Waals surface area contributed by atoms with Gasteiger partial charge in [-0.25, -0.2) is 0 Å². The molecule has 1 aliphatic carbocycles. The number of para-hydroxylation sites is 1. The van der Waals surface area contributed by atoms with Gasteiger partial charge < -0.3 is 5.11 Å². The molecule has 0 aliphatic heterocycles. The summed E-state index contributed by atoms with van der Waals surface area (Å²) >= 11 is 0. The molecule has 1 aliphatic rings. The van der Waals surface area contributed by atoms with Gasteiger partial charge in [0.25, 0.3) is 0 Å². The number of hydrogen-bond donors (Lipinski definition) is 1. The van der Waals surface area contributed by atoms with E-state index in [0.29, 0.717) is 12.2 Å². The lowest BCUT2D eigenvalue weighted by Crippen LogP contribution is -2.05. The second kappa shape index (κ2) is 3.65. The first-order valence-electron chi connectivity index (χ1n) is 5.34. The van der Waals surface area contributed by atoms with Crippen LogP contribution in [0.2, 0.25) is 0 Å². The van der Waals surface area contributed by atoms with Crippen molar-refractivity contribution in [2.75, 3.05) is 0 Å². The van der Waals surface area contributed by atoms with Crippen LogP contribution < -0.4 is 0 Å². The SMILES string of the molecule is O=C(O)C1CC1c1nnnn1-c1ccccc1. The van der Waals surface area contributed by atoms with Crippen LogP contribution in [0, 0.1) is 5.92 Å². The molecular weight excluding hydrogens is 220 g/mol. The lowest BCUT2D eigenvalue weighted by Gasteiger charge is -2.02. The molecule has 0 spiro atoms. The van der Waals surface area contributed by atoms with Crippen LogP contribution in [0.4, 0.5) is 0 Å². The van der Waals surface area contributed by atoms with Crippen molar-refractivity contribution in [3.05, 3.63) is 36.2 Å². The molecule has 0 bridgehead atoms. The Morgan fingerprint density at radius 3 is 2.76 bits per heavy atom. The maximum atomic E-state index is 10.8. The summed E-state index contributed by atoms with van der Waals surface area (Å²) in [6.45, 7) is 0. The van der Waals surface area contributed by atoms with Gasteiger partial charge >= 0.3 is 5.97 Å². The molecule has 1 N–H and O–H groups in total. The third-order valence-electron chi connectivity index (χ3n) is 2.93. The number of hydrogen-bond acceptors (Lipinski definition) is 4. The van der Waals surface area contributed by atoms with Gasteiger partial charge in [0, 0.05) is 5.92 Å². The first-order chi connectivity index (χ1) is 8.27. The Morgan fingerprint density at radius 2 is 2.12 bits per heavy atom. The molecule has 2 atom stereocenters. The van der Waals surface area contributed by atoms with Crippen LogP contribution in [0.3, 0.4) is 0 Å². The van der Waals surface area contributed by atoms with Crippen molar-refractivity contribution in [2.24, 2.45) is 5.92 Å². The average molecular weight is 230 g/mol. The quantitative estimate of drug-likeness (QED) is 0.845.